The molecule has 4 heteroatoms. The van der Waals surface area contributed by atoms with Gasteiger partial charge < -0.3 is 15.3 Å². The molecule has 0 aromatic heterocycles. The molecule has 1 aliphatic rings. The molecular weight excluding hydrogens is 300 g/mol. The molecule has 0 aromatic carbocycles. The Kier molecular flexibility index (Phi) is 12.9. The van der Waals surface area contributed by atoms with Crippen molar-refractivity contribution in [1.82, 2.24) is 10.2 Å². The summed E-state index contributed by atoms with van der Waals surface area (Å²) in [5.41, 5.74) is 0. The second-order valence-electron chi connectivity index (χ2n) is 7.37. The predicted molar refractivity (Wildman–Crippen MR) is 102 cm³/mol. The van der Waals surface area contributed by atoms with Crippen LogP contribution in [0.2, 0.25) is 0 Å². The fraction of sp³-hybridized carbons (Fsp3) is 0.950. The highest BCUT2D eigenvalue weighted by atomic mass is 16.4. The second-order valence-corrected chi connectivity index (χ2v) is 7.37. The fourth-order valence-corrected chi connectivity index (χ4v) is 3.64. The number of rotatable bonds is 15. The highest BCUT2D eigenvalue weighted by Gasteiger charge is 2.25. The first kappa shape index (κ1) is 21.3. The van der Waals surface area contributed by atoms with E-state index in [1.54, 1.807) is 4.90 Å². The zero-order valence-corrected chi connectivity index (χ0v) is 15.9. The Morgan fingerprint density at radius 1 is 0.917 bits per heavy atom. The molecule has 0 aliphatic carbocycles. The van der Waals surface area contributed by atoms with E-state index in [0.29, 0.717) is 6.54 Å². The molecule has 2 N–H and O–H groups in total. The predicted octanol–water partition coefficient (Wildman–Crippen LogP) is 5.42. The minimum Gasteiger partial charge on any atom is -0.465 e. The Bertz CT molecular complexity index is 304. The SMILES string of the molecule is CCCCCCCCCCCCCCCN(C(=O)O)[C@@H]1CCNC1. The number of unbranched alkanes of at least 4 members (excludes halogenated alkanes) is 12. The van der Waals surface area contributed by atoms with Crippen LogP contribution in [0.3, 0.4) is 0 Å². The van der Waals surface area contributed by atoms with Gasteiger partial charge in [-0.05, 0) is 19.4 Å². The average molecular weight is 341 g/mol. The van der Waals surface area contributed by atoms with Crippen molar-refractivity contribution in [3.63, 3.8) is 0 Å². The van der Waals surface area contributed by atoms with Gasteiger partial charge in [-0.15, -0.1) is 0 Å². The van der Waals surface area contributed by atoms with Crippen molar-refractivity contribution in [2.75, 3.05) is 19.6 Å². The van der Waals surface area contributed by atoms with Crippen LogP contribution in [-0.2, 0) is 0 Å². The normalized spacial score (nSPS) is 17.3. The Labute approximate surface area is 149 Å². The summed E-state index contributed by atoms with van der Waals surface area (Å²) in [5, 5.41) is 12.6. The van der Waals surface area contributed by atoms with Gasteiger partial charge in [0.05, 0.1) is 0 Å². The molecular formula is C20H40N2O2. The summed E-state index contributed by atoms with van der Waals surface area (Å²) in [6, 6.07) is 0.194. The molecule has 24 heavy (non-hydrogen) atoms. The first-order chi connectivity index (χ1) is 11.8. The summed E-state index contributed by atoms with van der Waals surface area (Å²) in [5.74, 6) is 0. The lowest BCUT2D eigenvalue weighted by Crippen LogP contribution is -2.41. The lowest BCUT2D eigenvalue weighted by Gasteiger charge is -2.25. The van der Waals surface area contributed by atoms with Crippen LogP contribution >= 0.6 is 0 Å². The van der Waals surface area contributed by atoms with Crippen LogP contribution in [0.15, 0.2) is 0 Å². The number of amides is 1. The van der Waals surface area contributed by atoms with Gasteiger partial charge in [0.25, 0.3) is 0 Å². The monoisotopic (exact) mass is 340 g/mol. The van der Waals surface area contributed by atoms with Crippen molar-refractivity contribution in [3.05, 3.63) is 0 Å². The Hall–Kier alpha value is -0.770. The largest absolute Gasteiger partial charge is 0.465 e. The molecule has 0 unspecified atom stereocenters. The molecule has 1 heterocycles. The number of nitrogens with one attached hydrogen (secondary N) is 1. The van der Waals surface area contributed by atoms with Gasteiger partial charge in [0.1, 0.15) is 0 Å². The third kappa shape index (κ3) is 10.2. The lowest BCUT2D eigenvalue weighted by molar-refractivity contribution is 0.127. The molecule has 4 nitrogen and oxygen atoms in total. The van der Waals surface area contributed by atoms with E-state index in [4.69, 9.17) is 0 Å². The smallest absolute Gasteiger partial charge is 0.407 e. The summed E-state index contributed by atoms with van der Waals surface area (Å²) >= 11 is 0. The van der Waals surface area contributed by atoms with E-state index in [-0.39, 0.29) is 6.04 Å². The van der Waals surface area contributed by atoms with Crippen molar-refractivity contribution in [3.8, 4) is 0 Å². The van der Waals surface area contributed by atoms with Crippen LogP contribution in [0.5, 0.6) is 0 Å². The van der Waals surface area contributed by atoms with Gasteiger partial charge in [0, 0.05) is 19.1 Å². The molecule has 0 radical (unpaired) electrons. The Balaban J connectivity index is 1.86. The minimum atomic E-state index is -0.748. The maximum atomic E-state index is 11.3. The van der Waals surface area contributed by atoms with Crippen molar-refractivity contribution in [2.45, 2.75) is 103 Å². The van der Waals surface area contributed by atoms with E-state index in [2.05, 4.69) is 12.2 Å². The van der Waals surface area contributed by atoms with E-state index in [9.17, 15) is 9.90 Å². The van der Waals surface area contributed by atoms with E-state index < -0.39 is 6.09 Å². The Morgan fingerprint density at radius 2 is 1.42 bits per heavy atom. The standard InChI is InChI=1S/C20H40N2O2/c1-2-3-4-5-6-7-8-9-10-11-12-13-14-17-22(20(23)24)19-15-16-21-18-19/h19,21H,2-18H2,1H3,(H,23,24)/t19-/m1/s1. The lowest BCUT2D eigenvalue weighted by atomic mass is 10.0. The molecule has 1 aliphatic heterocycles. The molecule has 1 rings (SSSR count). The van der Waals surface area contributed by atoms with Crippen molar-refractivity contribution in [1.29, 1.82) is 0 Å². The summed E-state index contributed by atoms with van der Waals surface area (Å²) in [6.07, 6.45) is 17.5. The number of hydrogen-bond donors (Lipinski definition) is 2. The maximum absolute atomic E-state index is 11.3. The molecule has 1 fully saturated rings. The van der Waals surface area contributed by atoms with Gasteiger partial charge in [0.2, 0.25) is 0 Å². The van der Waals surface area contributed by atoms with Gasteiger partial charge in [0.15, 0.2) is 0 Å². The molecule has 0 aromatic rings. The third-order valence-corrected chi connectivity index (χ3v) is 5.22. The molecule has 0 saturated carbocycles. The highest BCUT2D eigenvalue weighted by molar-refractivity contribution is 5.65. The fourth-order valence-electron chi connectivity index (χ4n) is 3.64. The zero-order valence-electron chi connectivity index (χ0n) is 15.9. The first-order valence-corrected chi connectivity index (χ1v) is 10.5. The number of carboxylic acid groups (broad SMARTS) is 1. The topological polar surface area (TPSA) is 52.6 Å². The molecule has 0 spiro atoms. The van der Waals surface area contributed by atoms with E-state index >= 15 is 0 Å². The van der Waals surface area contributed by atoms with E-state index in [1.165, 1.54) is 77.0 Å². The van der Waals surface area contributed by atoms with Crippen LogP contribution in [0, 0.1) is 0 Å². The molecule has 0 bridgehead atoms. The van der Waals surface area contributed by atoms with Gasteiger partial charge in [-0.3, -0.25) is 0 Å². The highest BCUT2D eigenvalue weighted by Crippen LogP contribution is 2.14. The third-order valence-electron chi connectivity index (χ3n) is 5.22. The van der Waals surface area contributed by atoms with Crippen LogP contribution in [0.4, 0.5) is 4.79 Å². The molecule has 1 saturated heterocycles. The first-order valence-electron chi connectivity index (χ1n) is 10.5. The van der Waals surface area contributed by atoms with Crippen LogP contribution < -0.4 is 5.32 Å². The second kappa shape index (κ2) is 14.6. The molecule has 142 valence electrons. The summed E-state index contributed by atoms with van der Waals surface area (Å²) in [4.78, 5) is 13.0. The number of carbonyl (C=O) groups is 1. The van der Waals surface area contributed by atoms with Crippen LogP contribution in [-0.4, -0.2) is 41.8 Å². The van der Waals surface area contributed by atoms with Crippen molar-refractivity contribution >= 4 is 6.09 Å². The van der Waals surface area contributed by atoms with Gasteiger partial charge >= 0.3 is 6.09 Å². The summed E-state index contributed by atoms with van der Waals surface area (Å²) in [6.45, 7) is 4.75. The van der Waals surface area contributed by atoms with Gasteiger partial charge in [-0.2, -0.15) is 0 Å². The van der Waals surface area contributed by atoms with Crippen LogP contribution in [0.1, 0.15) is 96.8 Å². The average Bonchev–Trinajstić information content (AvgIpc) is 3.09. The van der Waals surface area contributed by atoms with Gasteiger partial charge in [-0.25, -0.2) is 4.79 Å². The van der Waals surface area contributed by atoms with E-state index in [0.717, 1.165) is 25.9 Å². The van der Waals surface area contributed by atoms with Gasteiger partial charge in [-0.1, -0.05) is 84.0 Å². The van der Waals surface area contributed by atoms with Crippen molar-refractivity contribution in [2.24, 2.45) is 0 Å². The van der Waals surface area contributed by atoms with Crippen molar-refractivity contribution < 1.29 is 9.90 Å². The minimum absolute atomic E-state index is 0.194. The molecule has 1 amide bonds. The quantitative estimate of drug-likeness (QED) is 0.391. The Morgan fingerprint density at radius 3 is 1.83 bits per heavy atom. The van der Waals surface area contributed by atoms with E-state index in [1.807, 2.05) is 0 Å². The maximum Gasteiger partial charge on any atom is 0.407 e. The number of nitrogens with zero attached hydrogens (tertiary/aromatic N) is 1. The number of hydrogen-bond acceptors (Lipinski definition) is 2. The van der Waals surface area contributed by atoms with Crippen LogP contribution in [0.25, 0.3) is 0 Å². The zero-order chi connectivity index (χ0) is 17.5. The summed E-state index contributed by atoms with van der Waals surface area (Å²) in [7, 11) is 0. The summed E-state index contributed by atoms with van der Waals surface area (Å²) < 4.78 is 0. The molecule has 1 atom stereocenters.